The van der Waals surface area contributed by atoms with E-state index in [9.17, 15) is 0 Å². The van der Waals surface area contributed by atoms with Crippen LogP contribution in [0, 0.1) is 5.92 Å². The van der Waals surface area contributed by atoms with Crippen LogP contribution < -0.4 is 5.73 Å². The number of nitrogens with two attached hydrogens (primary N) is 1. The van der Waals surface area contributed by atoms with Gasteiger partial charge >= 0.3 is 0 Å². The smallest absolute Gasteiger partial charge is 0.190 e. The van der Waals surface area contributed by atoms with Crippen molar-refractivity contribution in [3.63, 3.8) is 0 Å². The van der Waals surface area contributed by atoms with Crippen molar-refractivity contribution in [3.05, 3.63) is 10.4 Å². The molecular weight excluding hydrogens is 250 g/mol. The van der Waals surface area contributed by atoms with Gasteiger partial charge in [-0.1, -0.05) is 18.7 Å². The van der Waals surface area contributed by atoms with Gasteiger partial charge in [0.05, 0.1) is 5.39 Å². The zero-order chi connectivity index (χ0) is 12.0. The second-order valence-electron chi connectivity index (χ2n) is 4.63. The lowest BCUT2D eigenvalue weighted by Crippen LogP contribution is -2.09. The Hall–Kier alpha value is -0.810. The molecule has 1 aliphatic carbocycles. The van der Waals surface area contributed by atoms with Gasteiger partial charge in [0.25, 0.3) is 0 Å². The summed E-state index contributed by atoms with van der Waals surface area (Å²) < 4.78 is 0. The van der Waals surface area contributed by atoms with E-state index in [1.807, 2.05) is 6.26 Å². The fourth-order valence-electron chi connectivity index (χ4n) is 2.45. The highest BCUT2D eigenvalue weighted by atomic mass is 32.2. The molecule has 0 amide bonds. The summed E-state index contributed by atoms with van der Waals surface area (Å²) in [6.07, 6.45) is 5.56. The van der Waals surface area contributed by atoms with Crippen LogP contribution in [-0.4, -0.2) is 16.2 Å². The van der Waals surface area contributed by atoms with E-state index >= 15 is 0 Å². The predicted molar refractivity (Wildman–Crippen MR) is 74.8 cm³/mol. The Morgan fingerprint density at radius 1 is 1.41 bits per heavy atom. The number of rotatable bonds is 1. The first-order valence-corrected chi connectivity index (χ1v) is 7.85. The molecule has 0 fully saturated rings. The van der Waals surface area contributed by atoms with Crippen LogP contribution in [0.2, 0.25) is 0 Å². The van der Waals surface area contributed by atoms with Crippen LogP contribution in [0.4, 0.5) is 5.82 Å². The number of thiophene rings is 1. The molecular formula is C12H15N3S2. The summed E-state index contributed by atoms with van der Waals surface area (Å²) in [6, 6.07) is 0. The van der Waals surface area contributed by atoms with Crippen LogP contribution in [-0.2, 0) is 12.8 Å². The molecule has 3 nitrogen and oxygen atoms in total. The first-order chi connectivity index (χ1) is 8.19. The molecule has 17 heavy (non-hydrogen) atoms. The number of fused-ring (bicyclic) bond motifs is 3. The van der Waals surface area contributed by atoms with E-state index in [1.165, 1.54) is 23.3 Å². The Bertz CT molecular complexity index is 577. The van der Waals surface area contributed by atoms with Gasteiger partial charge < -0.3 is 5.73 Å². The molecule has 90 valence electrons. The molecule has 0 unspecified atom stereocenters. The number of nitrogens with zero attached hydrogens (tertiary/aromatic N) is 2. The van der Waals surface area contributed by atoms with Crippen molar-refractivity contribution in [2.75, 3.05) is 12.0 Å². The summed E-state index contributed by atoms with van der Waals surface area (Å²) in [5, 5.41) is 1.90. The molecule has 2 aromatic heterocycles. The number of thioether (sulfide) groups is 1. The highest BCUT2D eigenvalue weighted by Gasteiger charge is 2.23. The third kappa shape index (κ3) is 1.81. The second-order valence-corrected chi connectivity index (χ2v) is 6.48. The topological polar surface area (TPSA) is 51.8 Å². The van der Waals surface area contributed by atoms with Crippen molar-refractivity contribution in [2.24, 2.45) is 5.92 Å². The first-order valence-electron chi connectivity index (χ1n) is 5.80. The first kappa shape index (κ1) is 11.3. The molecule has 0 spiro atoms. The Morgan fingerprint density at radius 2 is 2.24 bits per heavy atom. The minimum absolute atomic E-state index is 0.658. The average molecular weight is 265 g/mol. The Labute approximate surface area is 109 Å². The maximum atomic E-state index is 6.09. The van der Waals surface area contributed by atoms with Crippen LogP contribution in [0.1, 0.15) is 23.8 Å². The van der Waals surface area contributed by atoms with Crippen molar-refractivity contribution >= 4 is 39.1 Å². The van der Waals surface area contributed by atoms with Crippen molar-refractivity contribution < 1.29 is 0 Å². The summed E-state index contributed by atoms with van der Waals surface area (Å²) in [6.45, 7) is 2.31. The van der Waals surface area contributed by atoms with Gasteiger partial charge in [0.15, 0.2) is 5.16 Å². The normalized spacial score (nSPS) is 19.5. The summed E-state index contributed by atoms with van der Waals surface area (Å²) in [7, 11) is 0. The van der Waals surface area contributed by atoms with E-state index in [4.69, 9.17) is 5.73 Å². The van der Waals surface area contributed by atoms with Gasteiger partial charge in [0.1, 0.15) is 10.6 Å². The van der Waals surface area contributed by atoms with Crippen LogP contribution in [0.25, 0.3) is 10.2 Å². The number of nitrogen functional groups attached to an aromatic ring is 1. The molecule has 0 saturated carbocycles. The minimum atomic E-state index is 0.658. The molecule has 0 saturated heterocycles. The van der Waals surface area contributed by atoms with Gasteiger partial charge in [-0.2, -0.15) is 0 Å². The summed E-state index contributed by atoms with van der Waals surface area (Å²) in [4.78, 5) is 11.5. The van der Waals surface area contributed by atoms with Gasteiger partial charge in [-0.3, -0.25) is 0 Å². The van der Waals surface area contributed by atoms with Gasteiger partial charge in [-0.05, 0) is 37.0 Å². The highest BCUT2D eigenvalue weighted by Crippen LogP contribution is 2.39. The molecule has 0 aliphatic heterocycles. The van der Waals surface area contributed by atoms with Crippen LogP contribution in [0.15, 0.2) is 5.16 Å². The fraction of sp³-hybridized carbons (Fsp3) is 0.500. The van der Waals surface area contributed by atoms with E-state index < -0.39 is 0 Å². The molecule has 1 atom stereocenters. The van der Waals surface area contributed by atoms with E-state index in [0.29, 0.717) is 5.82 Å². The molecule has 5 heteroatoms. The zero-order valence-corrected chi connectivity index (χ0v) is 11.6. The maximum absolute atomic E-state index is 6.09. The standard InChI is InChI=1S/C12H15N3S2/c1-6-3-4-8-7(5-6)9-10(13)14-12(16-2)15-11(9)17-8/h6H,3-5H2,1-2H3,(H2,13,14,15)/t6-/m1/s1. The average Bonchev–Trinajstić information content (AvgIpc) is 2.66. The van der Waals surface area contributed by atoms with E-state index in [2.05, 4.69) is 16.9 Å². The molecule has 0 radical (unpaired) electrons. The summed E-state index contributed by atoms with van der Waals surface area (Å²) in [5.41, 5.74) is 7.50. The monoisotopic (exact) mass is 265 g/mol. The lowest BCUT2D eigenvalue weighted by molar-refractivity contribution is 0.508. The van der Waals surface area contributed by atoms with Crippen molar-refractivity contribution in [1.29, 1.82) is 0 Å². The Kier molecular flexibility index (Phi) is 2.75. The van der Waals surface area contributed by atoms with Crippen molar-refractivity contribution in [2.45, 2.75) is 31.3 Å². The maximum Gasteiger partial charge on any atom is 0.190 e. The molecule has 2 aromatic rings. The summed E-state index contributed by atoms with van der Waals surface area (Å²) >= 11 is 3.35. The van der Waals surface area contributed by atoms with Gasteiger partial charge in [-0.25, -0.2) is 9.97 Å². The number of aromatic nitrogens is 2. The lowest BCUT2D eigenvalue weighted by atomic mass is 9.89. The fourth-order valence-corrected chi connectivity index (χ4v) is 4.10. The van der Waals surface area contributed by atoms with Crippen molar-refractivity contribution in [3.8, 4) is 0 Å². The van der Waals surface area contributed by atoms with Gasteiger partial charge in [-0.15, -0.1) is 11.3 Å². The van der Waals surface area contributed by atoms with E-state index in [-0.39, 0.29) is 0 Å². The minimum Gasteiger partial charge on any atom is -0.383 e. The quantitative estimate of drug-likeness (QED) is 0.636. The molecule has 3 rings (SSSR count). The Balaban J connectivity index is 2.25. The number of anilines is 1. The molecule has 0 bridgehead atoms. The van der Waals surface area contributed by atoms with Gasteiger partial charge in [0, 0.05) is 4.88 Å². The number of hydrogen-bond acceptors (Lipinski definition) is 5. The largest absolute Gasteiger partial charge is 0.383 e. The van der Waals surface area contributed by atoms with E-state index in [0.717, 1.165) is 27.7 Å². The molecule has 2 N–H and O–H groups in total. The predicted octanol–water partition coefficient (Wildman–Crippen LogP) is 3.12. The van der Waals surface area contributed by atoms with E-state index in [1.54, 1.807) is 23.1 Å². The molecule has 2 heterocycles. The third-order valence-electron chi connectivity index (χ3n) is 3.34. The van der Waals surface area contributed by atoms with Crippen LogP contribution in [0.5, 0.6) is 0 Å². The van der Waals surface area contributed by atoms with Crippen molar-refractivity contribution in [1.82, 2.24) is 9.97 Å². The van der Waals surface area contributed by atoms with Gasteiger partial charge in [0.2, 0.25) is 0 Å². The van der Waals surface area contributed by atoms with Crippen LogP contribution in [0.3, 0.4) is 0 Å². The summed E-state index contributed by atoms with van der Waals surface area (Å²) in [5.74, 6) is 1.41. The lowest BCUT2D eigenvalue weighted by Gasteiger charge is -2.18. The third-order valence-corrected chi connectivity index (χ3v) is 5.07. The second kappa shape index (κ2) is 4.14. The zero-order valence-electron chi connectivity index (χ0n) is 9.99. The molecule has 1 aliphatic rings. The highest BCUT2D eigenvalue weighted by molar-refractivity contribution is 7.98. The molecule has 0 aromatic carbocycles. The Morgan fingerprint density at radius 3 is 3.00 bits per heavy atom. The SMILES string of the molecule is CSc1nc(N)c2c3c(sc2n1)CC[C@@H](C)C3. The van der Waals surface area contributed by atoms with Crippen LogP contribution >= 0.6 is 23.1 Å². The number of aryl methyl sites for hydroxylation is 1. The number of hydrogen-bond donors (Lipinski definition) is 1.